The molecule has 10 heteroatoms. The highest BCUT2D eigenvalue weighted by atomic mass is 79.9. The van der Waals surface area contributed by atoms with Crippen molar-refractivity contribution in [2.45, 2.75) is 4.90 Å². The van der Waals surface area contributed by atoms with Gasteiger partial charge in [0.05, 0.1) is 9.82 Å². The summed E-state index contributed by atoms with van der Waals surface area (Å²) in [4.78, 5) is 24.8. The molecule has 27 heavy (non-hydrogen) atoms. The third kappa shape index (κ3) is 3.87. The highest BCUT2D eigenvalue weighted by Gasteiger charge is 2.33. The Morgan fingerprint density at radius 2 is 1.59 bits per heavy atom. The zero-order valence-electron chi connectivity index (χ0n) is 14.1. The summed E-state index contributed by atoms with van der Waals surface area (Å²) in [6.07, 6.45) is 0. The van der Waals surface area contributed by atoms with Crippen molar-refractivity contribution in [1.82, 2.24) is 9.21 Å². The van der Waals surface area contributed by atoms with Gasteiger partial charge >= 0.3 is 0 Å². The van der Waals surface area contributed by atoms with Crippen molar-refractivity contribution in [3.63, 3.8) is 0 Å². The molecule has 0 unspecified atom stereocenters. The number of benzene rings is 2. The van der Waals surface area contributed by atoms with Gasteiger partial charge < -0.3 is 4.90 Å². The summed E-state index contributed by atoms with van der Waals surface area (Å²) < 4.78 is 27.4. The third-order valence-electron chi connectivity index (χ3n) is 4.31. The third-order valence-corrected chi connectivity index (χ3v) is 7.22. The molecule has 1 aliphatic heterocycles. The molecule has 1 amide bonds. The Kier molecular flexibility index (Phi) is 5.59. The minimum Gasteiger partial charge on any atom is -0.336 e. The van der Waals surface area contributed by atoms with Gasteiger partial charge in [0.25, 0.3) is 11.6 Å². The van der Waals surface area contributed by atoms with Crippen molar-refractivity contribution in [1.29, 1.82) is 0 Å². The van der Waals surface area contributed by atoms with Crippen LogP contribution in [0.15, 0.2) is 57.9 Å². The monoisotopic (exact) mass is 453 g/mol. The molecule has 0 aromatic heterocycles. The topological polar surface area (TPSA) is 101 Å². The van der Waals surface area contributed by atoms with Gasteiger partial charge in [0.1, 0.15) is 5.56 Å². The average Bonchev–Trinajstić information content (AvgIpc) is 2.67. The summed E-state index contributed by atoms with van der Waals surface area (Å²) >= 11 is 3.25. The van der Waals surface area contributed by atoms with Crippen LogP contribution in [-0.2, 0) is 10.0 Å². The number of hydrogen-bond acceptors (Lipinski definition) is 5. The number of hydrogen-bond donors (Lipinski definition) is 0. The fourth-order valence-corrected chi connectivity index (χ4v) is 5.29. The van der Waals surface area contributed by atoms with E-state index in [9.17, 15) is 23.3 Å². The maximum absolute atomic E-state index is 12.8. The molecular weight excluding hydrogens is 438 g/mol. The second-order valence-corrected chi connectivity index (χ2v) is 8.66. The zero-order chi connectivity index (χ0) is 19.6. The first-order chi connectivity index (χ1) is 12.8. The second kappa shape index (κ2) is 7.75. The van der Waals surface area contributed by atoms with E-state index >= 15 is 0 Å². The number of halogens is 1. The lowest BCUT2D eigenvalue weighted by molar-refractivity contribution is -0.385. The average molecular weight is 454 g/mol. The van der Waals surface area contributed by atoms with Gasteiger partial charge in [-0.1, -0.05) is 24.3 Å². The van der Waals surface area contributed by atoms with Crippen LogP contribution < -0.4 is 0 Å². The highest BCUT2D eigenvalue weighted by molar-refractivity contribution is 9.10. The van der Waals surface area contributed by atoms with Crippen LogP contribution in [0.3, 0.4) is 0 Å². The molecular formula is C17H16BrN3O5S. The largest absolute Gasteiger partial charge is 0.336 e. The molecule has 0 spiro atoms. The van der Waals surface area contributed by atoms with Crippen molar-refractivity contribution in [2.24, 2.45) is 0 Å². The normalized spacial score (nSPS) is 15.5. The molecule has 0 N–H and O–H groups in total. The van der Waals surface area contributed by atoms with Crippen LogP contribution in [-0.4, -0.2) is 54.6 Å². The molecule has 0 atom stereocenters. The number of rotatable bonds is 4. The van der Waals surface area contributed by atoms with Crippen LogP contribution in [0.25, 0.3) is 0 Å². The first-order valence-electron chi connectivity index (χ1n) is 8.10. The predicted molar refractivity (Wildman–Crippen MR) is 102 cm³/mol. The van der Waals surface area contributed by atoms with Crippen LogP contribution in [0.2, 0.25) is 0 Å². The van der Waals surface area contributed by atoms with E-state index in [0.717, 1.165) is 0 Å². The Morgan fingerprint density at radius 1 is 1.00 bits per heavy atom. The first kappa shape index (κ1) is 19.5. The zero-order valence-corrected chi connectivity index (χ0v) is 16.5. The van der Waals surface area contributed by atoms with Crippen molar-refractivity contribution in [3.8, 4) is 0 Å². The maximum atomic E-state index is 12.8. The number of piperazine rings is 1. The number of carbonyl (C=O) groups excluding carboxylic acids is 1. The van der Waals surface area contributed by atoms with Gasteiger partial charge in [0.15, 0.2) is 0 Å². The molecule has 3 rings (SSSR count). The lowest BCUT2D eigenvalue weighted by atomic mass is 10.1. The Labute approximate surface area is 164 Å². The Morgan fingerprint density at radius 3 is 2.22 bits per heavy atom. The Bertz CT molecular complexity index is 988. The van der Waals surface area contributed by atoms with Gasteiger partial charge in [-0.15, -0.1) is 0 Å². The molecule has 1 saturated heterocycles. The SMILES string of the molecule is O=C(c1ccccc1[N+](=O)[O-])N1CCN(S(=O)(=O)c2ccccc2Br)CC1. The van der Waals surface area contributed by atoms with Crippen molar-refractivity contribution in [2.75, 3.05) is 26.2 Å². The van der Waals surface area contributed by atoms with E-state index in [1.165, 1.54) is 33.5 Å². The summed E-state index contributed by atoms with van der Waals surface area (Å²) in [7, 11) is -3.69. The van der Waals surface area contributed by atoms with Crippen LogP contribution in [0.1, 0.15) is 10.4 Å². The minimum absolute atomic E-state index is 0.00427. The van der Waals surface area contributed by atoms with Crippen molar-refractivity contribution in [3.05, 3.63) is 68.7 Å². The lowest BCUT2D eigenvalue weighted by Crippen LogP contribution is -2.50. The fourth-order valence-electron chi connectivity index (χ4n) is 2.91. The van der Waals surface area contributed by atoms with E-state index in [1.807, 2.05) is 0 Å². The Balaban J connectivity index is 1.75. The predicted octanol–water partition coefficient (Wildman–Crippen LogP) is 2.50. The molecule has 1 aliphatic rings. The molecule has 0 radical (unpaired) electrons. The molecule has 8 nitrogen and oxygen atoms in total. The lowest BCUT2D eigenvalue weighted by Gasteiger charge is -2.34. The molecule has 142 valence electrons. The first-order valence-corrected chi connectivity index (χ1v) is 10.3. The number of para-hydroxylation sites is 1. The minimum atomic E-state index is -3.69. The number of nitro groups is 1. The Hall–Kier alpha value is -2.30. The summed E-state index contributed by atoms with van der Waals surface area (Å²) in [6, 6.07) is 12.3. The van der Waals surface area contributed by atoms with Crippen molar-refractivity contribution >= 4 is 37.5 Å². The highest BCUT2D eigenvalue weighted by Crippen LogP contribution is 2.26. The van der Waals surface area contributed by atoms with Gasteiger partial charge in [-0.2, -0.15) is 4.31 Å². The number of nitrogens with zero attached hydrogens (tertiary/aromatic N) is 3. The van der Waals surface area contributed by atoms with Crippen LogP contribution in [0.4, 0.5) is 5.69 Å². The van der Waals surface area contributed by atoms with E-state index in [-0.39, 0.29) is 42.3 Å². The summed E-state index contributed by atoms with van der Waals surface area (Å²) in [5.41, 5.74) is -0.254. The number of carbonyl (C=O) groups is 1. The number of nitro benzene ring substituents is 1. The molecule has 1 fully saturated rings. The van der Waals surface area contributed by atoms with Gasteiger partial charge in [-0.05, 0) is 34.1 Å². The maximum Gasteiger partial charge on any atom is 0.282 e. The van der Waals surface area contributed by atoms with E-state index in [1.54, 1.807) is 24.3 Å². The number of amides is 1. The van der Waals surface area contributed by atoms with E-state index in [4.69, 9.17) is 0 Å². The second-order valence-electron chi connectivity index (χ2n) is 5.90. The van der Waals surface area contributed by atoms with Gasteiger partial charge in [0, 0.05) is 36.7 Å². The summed E-state index contributed by atoms with van der Waals surface area (Å²) in [6.45, 7) is 0.565. The molecule has 0 saturated carbocycles. The standard InChI is InChI=1S/C17H16BrN3O5S/c18-14-6-2-4-8-16(14)27(25,26)20-11-9-19(10-12-20)17(22)13-5-1-3-7-15(13)21(23)24/h1-8H,9-12H2. The van der Waals surface area contributed by atoms with Crippen LogP contribution in [0.5, 0.6) is 0 Å². The van der Waals surface area contributed by atoms with Crippen LogP contribution >= 0.6 is 15.9 Å². The molecule has 2 aromatic rings. The molecule has 0 aliphatic carbocycles. The molecule has 2 aromatic carbocycles. The summed E-state index contributed by atoms with van der Waals surface area (Å²) in [5, 5.41) is 11.1. The van der Waals surface area contributed by atoms with Gasteiger partial charge in [-0.3, -0.25) is 14.9 Å². The fraction of sp³-hybridized carbons (Fsp3) is 0.235. The van der Waals surface area contributed by atoms with Crippen molar-refractivity contribution < 1.29 is 18.1 Å². The van der Waals surface area contributed by atoms with Crippen LogP contribution in [0, 0.1) is 10.1 Å². The quantitative estimate of drug-likeness (QED) is 0.522. The van der Waals surface area contributed by atoms with E-state index < -0.39 is 20.9 Å². The van der Waals surface area contributed by atoms with E-state index in [2.05, 4.69) is 15.9 Å². The van der Waals surface area contributed by atoms with Gasteiger partial charge in [0.2, 0.25) is 10.0 Å². The van der Waals surface area contributed by atoms with Gasteiger partial charge in [-0.25, -0.2) is 8.42 Å². The molecule has 1 heterocycles. The molecule has 0 bridgehead atoms. The van der Waals surface area contributed by atoms with E-state index in [0.29, 0.717) is 4.47 Å². The smallest absolute Gasteiger partial charge is 0.282 e. The summed E-state index contributed by atoms with van der Waals surface area (Å²) in [5.74, 6) is -0.472. The number of sulfonamides is 1.